The molecule has 0 aliphatic rings. The second-order valence-corrected chi connectivity index (χ2v) is 0. The van der Waals surface area contributed by atoms with Crippen molar-refractivity contribution in [3.8, 4) is 0 Å². The summed E-state index contributed by atoms with van der Waals surface area (Å²) in [7, 11) is 3.89. The molecule has 0 aromatic carbocycles. The maximum atomic E-state index is 3.89. The van der Waals surface area contributed by atoms with Crippen LogP contribution in [0.25, 0.3) is 0 Å². The third-order valence-electron chi connectivity index (χ3n) is 0. The second kappa shape index (κ2) is 17.1. The van der Waals surface area contributed by atoms with E-state index in [1.54, 1.807) is 0 Å². The Labute approximate surface area is 80.6 Å². The van der Waals surface area contributed by atoms with Crippen LogP contribution in [0, 0.1) is 0 Å². The van der Waals surface area contributed by atoms with Crippen molar-refractivity contribution in [2.45, 2.75) is 0 Å². The van der Waals surface area contributed by atoms with Gasteiger partial charge in [-0.3, -0.25) is 0 Å². The van der Waals surface area contributed by atoms with Crippen molar-refractivity contribution in [2.75, 3.05) is 0 Å². The van der Waals surface area contributed by atoms with Crippen molar-refractivity contribution < 1.29 is 19.2 Å². The third kappa shape index (κ3) is 8.83. The van der Waals surface area contributed by atoms with Crippen molar-refractivity contribution in [1.29, 1.82) is 0 Å². The minimum absolute atomic E-state index is 0. The second-order valence-electron chi connectivity index (χ2n) is 0. The summed E-state index contributed by atoms with van der Waals surface area (Å²) in [6.45, 7) is 0. The quantitative estimate of drug-likeness (QED) is 0.376. The van der Waals surface area contributed by atoms with Crippen LogP contribution in [0.5, 0.6) is 0 Å². The van der Waals surface area contributed by atoms with E-state index < -0.39 is 0 Å². The molecule has 0 aromatic heterocycles. The van der Waals surface area contributed by atoms with Gasteiger partial charge in [0.15, 0.2) is 0 Å². The molecule has 0 heterocycles. The van der Waals surface area contributed by atoms with Crippen molar-refractivity contribution in [3.63, 3.8) is 0 Å². The molecule has 0 aliphatic heterocycles. The van der Waals surface area contributed by atoms with Crippen LogP contribution in [-0.2, 0) is 19.2 Å². The fourth-order valence-corrected chi connectivity index (χ4v) is 0. The summed E-state index contributed by atoms with van der Waals surface area (Å²) in [6.07, 6.45) is 0. The van der Waals surface area contributed by atoms with Gasteiger partial charge < -0.3 is 0 Å². The van der Waals surface area contributed by atoms with E-state index in [4.69, 9.17) is 0 Å². The van der Waals surface area contributed by atoms with Gasteiger partial charge >= 0.3 is 28.8 Å². The molecule has 0 unspecified atom stereocenters. The molecule has 0 saturated heterocycles. The molecule has 0 fully saturated rings. The molecule has 0 amide bonds. The molecule has 7 radical (unpaired) electrons. The normalized spacial score (nSPS) is 1.50. The van der Waals surface area contributed by atoms with Gasteiger partial charge in [0.25, 0.3) is 0 Å². The van der Waals surface area contributed by atoms with Gasteiger partial charge in [0, 0.05) is 53.5 Å². The Morgan fingerprint density at radius 3 is 1.25 bits per heavy atom. The average Bonchev–Trinajstić information content (AvgIpc) is 1.00. The van der Waals surface area contributed by atoms with Gasteiger partial charge in [0.2, 0.25) is 0 Å². The average molecular weight is 556 g/mol. The van der Waals surface area contributed by atoms with Gasteiger partial charge in [-0.25, -0.2) is 0 Å². The van der Waals surface area contributed by atoms with Crippen molar-refractivity contribution in [3.05, 3.63) is 0 Å². The van der Waals surface area contributed by atoms with E-state index in [9.17, 15) is 0 Å². The van der Waals surface area contributed by atoms with E-state index in [0.717, 1.165) is 0 Å². The molecule has 26 valence electrons. The van der Waals surface area contributed by atoms with Gasteiger partial charge in [-0.2, -0.15) is 0 Å². The predicted octanol–water partition coefficient (Wildman–Crippen LogP) is -0.116. The Hall–Kier alpha value is 2.77. The van der Waals surface area contributed by atoms with Crippen LogP contribution in [0.3, 0.4) is 0 Å². The maximum absolute atomic E-state index is 3.89. The Balaban J connectivity index is -0.00000000500. The molecular weight excluding hydrogens is 556 g/mol. The third-order valence-corrected chi connectivity index (χ3v) is 0. The number of hydrogen-bond donors (Lipinski definition) is 0. The molecular formula is AgBiPbS. The van der Waals surface area contributed by atoms with E-state index in [1.165, 1.54) is 0 Å². The van der Waals surface area contributed by atoms with Crippen LogP contribution in [-0.4, -0.2) is 53.5 Å². The van der Waals surface area contributed by atoms with Crippen LogP contribution < -0.4 is 0 Å². The fraction of sp³-hybridized carbons (Fsp3) is 0. The summed E-state index contributed by atoms with van der Waals surface area (Å²) < 4.78 is 0. The topological polar surface area (TPSA) is 0 Å². The molecule has 0 N–H and O–H groups in total. The molecule has 0 bridgehead atoms. The molecule has 0 aliphatic carbocycles. The van der Waals surface area contributed by atoms with Crippen LogP contribution in [0.1, 0.15) is 0 Å². The van der Waals surface area contributed by atoms with Crippen LogP contribution in [0.2, 0.25) is 0 Å². The van der Waals surface area contributed by atoms with Crippen molar-refractivity contribution in [1.82, 2.24) is 0 Å². The Morgan fingerprint density at radius 1 is 1.25 bits per heavy atom. The molecule has 0 nitrogen and oxygen atoms in total. The van der Waals surface area contributed by atoms with Gasteiger partial charge in [-0.1, -0.05) is 0 Å². The first-order chi connectivity index (χ1) is 1.00. The Bertz CT molecular complexity index is 8.00. The molecule has 0 spiro atoms. The number of hydrogen-bond acceptors (Lipinski definition) is 1. The van der Waals surface area contributed by atoms with E-state index in [1.807, 2.05) is 0 Å². The van der Waals surface area contributed by atoms with E-state index in [2.05, 4.69) is 28.8 Å². The monoisotopic (exact) mass is 556 g/mol. The first-order valence-corrected chi connectivity index (χ1v) is 2.18. The summed E-state index contributed by atoms with van der Waals surface area (Å²) in [4.78, 5) is 0. The van der Waals surface area contributed by atoms with Gasteiger partial charge in [0.1, 0.15) is 0 Å². The van der Waals surface area contributed by atoms with E-state index >= 15 is 0 Å². The zero-order chi connectivity index (χ0) is 2.00. The van der Waals surface area contributed by atoms with Crippen LogP contribution in [0.15, 0.2) is 0 Å². The zero-order valence-corrected chi connectivity index (χ0v) is 11.3. The summed E-state index contributed by atoms with van der Waals surface area (Å²) in [5.41, 5.74) is 0. The van der Waals surface area contributed by atoms with Crippen molar-refractivity contribution in [2.24, 2.45) is 0 Å². The SMILES string of the molecule is [Bi].[Pb].[S]=[Ag]. The Kier molecular flexibility index (Phi) is 67.9. The molecule has 0 aromatic rings. The first-order valence-electron chi connectivity index (χ1n) is 0.123. The fourth-order valence-electron chi connectivity index (χ4n) is 0. The molecule has 0 rings (SSSR count). The van der Waals surface area contributed by atoms with Gasteiger partial charge in [0.05, 0.1) is 0 Å². The van der Waals surface area contributed by atoms with E-state index in [0.29, 0.717) is 0 Å². The molecule has 4 heavy (non-hydrogen) atoms. The molecule has 0 atom stereocenters. The van der Waals surface area contributed by atoms with E-state index in [-0.39, 0.29) is 53.5 Å². The molecule has 0 saturated carbocycles. The van der Waals surface area contributed by atoms with Crippen LogP contribution in [0.4, 0.5) is 0 Å². The van der Waals surface area contributed by atoms with Gasteiger partial charge in [-0.15, -0.1) is 0 Å². The minimum atomic E-state index is 0. The predicted molar refractivity (Wildman–Crippen MR) is 19.1 cm³/mol. The van der Waals surface area contributed by atoms with Crippen molar-refractivity contribution >= 4 is 63.1 Å². The standard InChI is InChI=1S/Ag.Bi.Pb.S. The zero-order valence-electron chi connectivity index (χ0n) is 1.66. The summed E-state index contributed by atoms with van der Waals surface area (Å²) >= 11 is 2.53. The Morgan fingerprint density at radius 2 is 1.25 bits per heavy atom. The number of rotatable bonds is 0. The van der Waals surface area contributed by atoms with Crippen LogP contribution >= 0.6 is 9.58 Å². The summed E-state index contributed by atoms with van der Waals surface area (Å²) in [6, 6.07) is 0. The first kappa shape index (κ1) is 15.9. The molecule has 4 heteroatoms. The summed E-state index contributed by atoms with van der Waals surface area (Å²) in [5, 5.41) is 0. The van der Waals surface area contributed by atoms with Gasteiger partial charge in [-0.05, 0) is 0 Å². The summed E-state index contributed by atoms with van der Waals surface area (Å²) in [5.74, 6) is 0.